The number of nitrogens with one attached hydrogen (secondary N) is 1. The van der Waals surface area contributed by atoms with Gasteiger partial charge in [-0.15, -0.1) is 0 Å². The largest absolute Gasteiger partial charge is 0.394 e. The molecule has 9 nitrogen and oxygen atoms in total. The number of benzene rings is 1. The molecule has 2 aromatic heterocycles. The number of hydrogen-bond acceptors (Lipinski definition) is 8. The molecule has 0 aliphatic carbocycles. The lowest BCUT2D eigenvalue weighted by Gasteiger charge is -2.16. The summed E-state index contributed by atoms with van der Waals surface area (Å²) >= 11 is 3.41. The summed E-state index contributed by atoms with van der Waals surface area (Å²) in [5.41, 5.74) is 2.05. The number of aliphatic hydroxyl groups is 3. The molecule has 0 spiro atoms. The molecule has 142 valence electrons. The Balaban J connectivity index is 1.59. The first kappa shape index (κ1) is 18.3. The second-order valence-corrected chi connectivity index (χ2v) is 7.17. The standard InChI is InChI=1S/C17H18BrN5O4/c18-10-3-1-9(2-4-10)5-19-15-12-16(21-7-20-15)23(8-22-12)17-14(26)13(25)11(6-24)27-17/h1-4,7-8,11,13-14,17,24-26H,5-6H2,(H,19,20,21)/t11-,13+,14?,17-/m1/s1. The summed E-state index contributed by atoms with van der Waals surface area (Å²) in [5, 5.41) is 32.7. The minimum Gasteiger partial charge on any atom is -0.394 e. The van der Waals surface area contributed by atoms with Gasteiger partial charge >= 0.3 is 0 Å². The van der Waals surface area contributed by atoms with Crippen molar-refractivity contribution >= 4 is 32.9 Å². The van der Waals surface area contributed by atoms with Crippen molar-refractivity contribution in [2.75, 3.05) is 11.9 Å². The number of hydrogen-bond donors (Lipinski definition) is 4. The van der Waals surface area contributed by atoms with Gasteiger partial charge in [-0.2, -0.15) is 0 Å². The first-order valence-corrected chi connectivity index (χ1v) is 9.16. The molecule has 0 amide bonds. The van der Waals surface area contributed by atoms with Gasteiger partial charge in [0.15, 0.2) is 23.2 Å². The number of aliphatic hydroxyl groups excluding tert-OH is 3. The van der Waals surface area contributed by atoms with Crippen molar-refractivity contribution in [3.63, 3.8) is 0 Å². The number of aromatic nitrogens is 4. The molecule has 3 aromatic rings. The predicted molar refractivity (Wildman–Crippen MR) is 99.8 cm³/mol. The van der Waals surface area contributed by atoms with E-state index in [1.807, 2.05) is 24.3 Å². The molecule has 0 bridgehead atoms. The molecular formula is C17H18BrN5O4. The van der Waals surface area contributed by atoms with Gasteiger partial charge in [-0.1, -0.05) is 28.1 Å². The van der Waals surface area contributed by atoms with E-state index in [1.54, 1.807) is 0 Å². The zero-order chi connectivity index (χ0) is 19.0. The van der Waals surface area contributed by atoms with Gasteiger partial charge in [-0.3, -0.25) is 4.57 Å². The molecule has 4 atom stereocenters. The molecule has 1 aliphatic heterocycles. The molecule has 0 radical (unpaired) electrons. The van der Waals surface area contributed by atoms with Crippen molar-refractivity contribution in [3.8, 4) is 0 Å². The summed E-state index contributed by atoms with van der Waals surface area (Å²) in [7, 11) is 0. The second kappa shape index (κ2) is 7.49. The van der Waals surface area contributed by atoms with Crippen molar-refractivity contribution in [3.05, 3.63) is 47.0 Å². The predicted octanol–water partition coefficient (Wildman–Crippen LogP) is 0.812. The summed E-state index contributed by atoms with van der Waals surface area (Å²) < 4.78 is 8.10. The molecular weight excluding hydrogens is 418 g/mol. The molecule has 3 heterocycles. The second-order valence-electron chi connectivity index (χ2n) is 6.26. The Morgan fingerprint density at radius 3 is 2.59 bits per heavy atom. The molecule has 1 aliphatic rings. The van der Waals surface area contributed by atoms with Gasteiger partial charge < -0.3 is 25.4 Å². The van der Waals surface area contributed by atoms with E-state index in [9.17, 15) is 15.3 Å². The van der Waals surface area contributed by atoms with E-state index in [-0.39, 0.29) is 0 Å². The molecule has 1 saturated heterocycles. The van der Waals surface area contributed by atoms with Crippen LogP contribution in [0.5, 0.6) is 0 Å². The SMILES string of the molecule is OC[C@H]1O[C@@H](n2cnc3c(NCc4ccc(Br)cc4)ncnc32)C(O)[C@H]1O. The van der Waals surface area contributed by atoms with Crippen molar-refractivity contribution in [2.24, 2.45) is 0 Å². The number of anilines is 1. The highest BCUT2D eigenvalue weighted by atomic mass is 79.9. The van der Waals surface area contributed by atoms with E-state index in [0.29, 0.717) is 23.5 Å². The van der Waals surface area contributed by atoms with Crippen LogP contribution in [0, 0.1) is 0 Å². The quantitative estimate of drug-likeness (QED) is 0.463. The monoisotopic (exact) mass is 435 g/mol. The average molecular weight is 436 g/mol. The maximum atomic E-state index is 10.2. The van der Waals surface area contributed by atoms with Crippen LogP contribution in [0.15, 0.2) is 41.4 Å². The highest BCUT2D eigenvalue weighted by molar-refractivity contribution is 9.10. The van der Waals surface area contributed by atoms with Crippen molar-refractivity contribution < 1.29 is 20.1 Å². The molecule has 27 heavy (non-hydrogen) atoms. The Bertz CT molecular complexity index is 935. The van der Waals surface area contributed by atoms with Gasteiger partial charge in [0.2, 0.25) is 0 Å². The lowest BCUT2D eigenvalue weighted by Crippen LogP contribution is -2.33. The van der Waals surface area contributed by atoms with E-state index in [1.165, 1.54) is 17.2 Å². The first-order chi connectivity index (χ1) is 13.1. The number of ether oxygens (including phenoxy) is 1. The zero-order valence-electron chi connectivity index (χ0n) is 14.1. The average Bonchev–Trinajstić information content (AvgIpc) is 3.23. The molecule has 1 fully saturated rings. The fourth-order valence-electron chi connectivity index (χ4n) is 3.07. The highest BCUT2D eigenvalue weighted by Crippen LogP contribution is 2.32. The highest BCUT2D eigenvalue weighted by Gasteiger charge is 2.44. The van der Waals surface area contributed by atoms with Crippen LogP contribution in [0.25, 0.3) is 11.2 Å². The summed E-state index contributed by atoms with van der Waals surface area (Å²) in [6.45, 7) is 0.163. The molecule has 1 aromatic carbocycles. The van der Waals surface area contributed by atoms with Crippen molar-refractivity contribution in [2.45, 2.75) is 31.1 Å². The van der Waals surface area contributed by atoms with Crippen LogP contribution in [-0.4, -0.2) is 59.8 Å². The minimum absolute atomic E-state index is 0.393. The molecule has 4 N–H and O–H groups in total. The Hall–Kier alpha value is -2.11. The van der Waals surface area contributed by atoms with Crippen LogP contribution in [-0.2, 0) is 11.3 Å². The number of halogens is 1. The van der Waals surface area contributed by atoms with Crippen LogP contribution < -0.4 is 5.32 Å². The van der Waals surface area contributed by atoms with Gasteiger partial charge in [0.1, 0.15) is 24.6 Å². The van der Waals surface area contributed by atoms with Gasteiger partial charge in [0.25, 0.3) is 0 Å². The van der Waals surface area contributed by atoms with Crippen LogP contribution in [0.2, 0.25) is 0 Å². The Kier molecular flexibility index (Phi) is 5.06. The summed E-state index contributed by atoms with van der Waals surface area (Å²) in [4.78, 5) is 12.8. The van der Waals surface area contributed by atoms with E-state index in [4.69, 9.17) is 4.74 Å². The van der Waals surface area contributed by atoms with Gasteiger partial charge in [-0.05, 0) is 17.7 Å². The number of nitrogens with zero attached hydrogens (tertiary/aromatic N) is 4. The summed E-state index contributed by atoms with van der Waals surface area (Å²) in [6.07, 6.45) is -1.27. The minimum atomic E-state index is -1.20. The Labute approximate surface area is 162 Å². The summed E-state index contributed by atoms with van der Waals surface area (Å²) in [6, 6.07) is 7.91. The van der Waals surface area contributed by atoms with Gasteiger partial charge in [-0.25, -0.2) is 15.0 Å². The van der Waals surface area contributed by atoms with E-state index in [2.05, 4.69) is 36.2 Å². The third-order valence-electron chi connectivity index (χ3n) is 4.52. The third-order valence-corrected chi connectivity index (χ3v) is 5.05. The van der Waals surface area contributed by atoms with Crippen molar-refractivity contribution in [1.82, 2.24) is 19.5 Å². The van der Waals surface area contributed by atoms with Crippen LogP contribution in [0.3, 0.4) is 0 Å². The van der Waals surface area contributed by atoms with Crippen LogP contribution >= 0.6 is 15.9 Å². The first-order valence-electron chi connectivity index (χ1n) is 8.37. The number of fused-ring (bicyclic) bond motifs is 1. The van der Waals surface area contributed by atoms with E-state index >= 15 is 0 Å². The lowest BCUT2D eigenvalue weighted by atomic mass is 10.1. The molecule has 4 rings (SSSR count). The molecule has 10 heteroatoms. The zero-order valence-corrected chi connectivity index (χ0v) is 15.7. The van der Waals surface area contributed by atoms with Crippen LogP contribution in [0.4, 0.5) is 5.82 Å². The molecule has 1 unspecified atom stereocenters. The molecule has 0 saturated carbocycles. The maximum absolute atomic E-state index is 10.2. The lowest BCUT2D eigenvalue weighted by molar-refractivity contribution is -0.0511. The maximum Gasteiger partial charge on any atom is 0.167 e. The van der Waals surface area contributed by atoms with Crippen molar-refractivity contribution in [1.29, 1.82) is 0 Å². The van der Waals surface area contributed by atoms with Gasteiger partial charge in [0, 0.05) is 11.0 Å². The van der Waals surface area contributed by atoms with E-state index < -0.39 is 31.1 Å². The number of rotatable bonds is 5. The Morgan fingerprint density at radius 1 is 1.11 bits per heavy atom. The smallest absolute Gasteiger partial charge is 0.167 e. The van der Waals surface area contributed by atoms with E-state index in [0.717, 1.165) is 10.0 Å². The normalized spacial score (nSPS) is 25.2. The summed E-state index contributed by atoms with van der Waals surface area (Å²) in [5.74, 6) is 0.549. The van der Waals surface area contributed by atoms with Gasteiger partial charge in [0.05, 0.1) is 12.9 Å². The van der Waals surface area contributed by atoms with Crippen LogP contribution in [0.1, 0.15) is 11.8 Å². The number of imidazole rings is 1. The topological polar surface area (TPSA) is 126 Å². The Morgan fingerprint density at radius 2 is 1.89 bits per heavy atom. The fraction of sp³-hybridized carbons (Fsp3) is 0.353. The third kappa shape index (κ3) is 3.42. The fourth-order valence-corrected chi connectivity index (χ4v) is 3.33.